The highest BCUT2D eigenvalue weighted by molar-refractivity contribution is 5.98. The number of benzene rings is 2. The Labute approximate surface area is 173 Å². The lowest BCUT2D eigenvalue weighted by atomic mass is 10.0. The predicted octanol–water partition coefficient (Wildman–Crippen LogP) is 4.83. The van der Waals surface area contributed by atoms with Gasteiger partial charge in [-0.1, -0.05) is 18.2 Å². The largest absolute Gasteiger partial charge is 0.497 e. The van der Waals surface area contributed by atoms with Crippen LogP contribution in [0.15, 0.2) is 52.9 Å². The SMILES string of the molecule is COc1ccc(-c2nnc([C@H](C)OC(=O)c3c(C)nc4ccccc4c3C)o2)cc1. The van der Waals surface area contributed by atoms with Gasteiger partial charge < -0.3 is 13.9 Å². The maximum Gasteiger partial charge on any atom is 0.341 e. The minimum Gasteiger partial charge on any atom is -0.497 e. The molecule has 0 bridgehead atoms. The molecule has 0 saturated heterocycles. The summed E-state index contributed by atoms with van der Waals surface area (Å²) in [4.78, 5) is 17.4. The lowest BCUT2D eigenvalue weighted by molar-refractivity contribution is 0.0278. The van der Waals surface area contributed by atoms with Crippen molar-refractivity contribution in [2.24, 2.45) is 0 Å². The van der Waals surface area contributed by atoms with E-state index < -0.39 is 12.1 Å². The van der Waals surface area contributed by atoms with E-state index in [0.29, 0.717) is 17.1 Å². The van der Waals surface area contributed by atoms with E-state index in [1.165, 1.54) is 0 Å². The highest BCUT2D eigenvalue weighted by Gasteiger charge is 2.23. The van der Waals surface area contributed by atoms with Crippen LogP contribution in [0.3, 0.4) is 0 Å². The molecule has 2 heterocycles. The quantitative estimate of drug-likeness (QED) is 0.441. The molecule has 7 heteroatoms. The van der Waals surface area contributed by atoms with E-state index in [0.717, 1.165) is 27.8 Å². The van der Waals surface area contributed by atoms with Crippen LogP contribution < -0.4 is 4.74 Å². The molecule has 4 rings (SSSR count). The van der Waals surface area contributed by atoms with E-state index in [9.17, 15) is 4.79 Å². The average Bonchev–Trinajstić information content (AvgIpc) is 3.24. The smallest absolute Gasteiger partial charge is 0.341 e. The molecule has 0 N–H and O–H groups in total. The summed E-state index contributed by atoms with van der Waals surface area (Å²) < 4.78 is 16.5. The fourth-order valence-electron chi connectivity index (χ4n) is 3.35. The first-order valence-electron chi connectivity index (χ1n) is 9.52. The Balaban J connectivity index is 1.56. The molecule has 0 radical (unpaired) electrons. The van der Waals surface area contributed by atoms with Crippen molar-refractivity contribution in [2.75, 3.05) is 7.11 Å². The van der Waals surface area contributed by atoms with Gasteiger partial charge in [0.05, 0.1) is 23.9 Å². The number of aromatic nitrogens is 3. The summed E-state index contributed by atoms with van der Waals surface area (Å²) in [5.74, 6) is 0.823. The number of hydrogen-bond acceptors (Lipinski definition) is 7. The van der Waals surface area contributed by atoms with Gasteiger partial charge in [-0.15, -0.1) is 10.2 Å². The van der Waals surface area contributed by atoms with Gasteiger partial charge in [0.2, 0.25) is 5.89 Å². The summed E-state index contributed by atoms with van der Waals surface area (Å²) in [6.07, 6.45) is -0.706. The molecule has 0 saturated carbocycles. The van der Waals surface area contributed by atoms with Crippen molar-refractivity contribution in [1.82, 2.24) is 15.2 Å². The van der Waals surface area contributed by atoms with Crippen LogP contribution in [0.1, 0.15) is 40.5 Å². The van der Waals surface area contributed by atoms with Gasteiger partial charge >= 0.3 is 5.97 Å². The van der Waals surface area contributed by atoms with Gasteiger partial charge in [0, 0.05) is 10.9 Å². The van der Waals surface area contributed by atoms with E-state index in [1.54, 1.807) is 33.1 Å². The first-order valence-corrected chi connectivity index (χ1v) is 9.52. The monoisotopic (exact) mass is 403 g/mol. The Morgan fingerprint density at radius 3 is 2.50 bits per heavy atom. The first kappa shape index (κ1) is 19.6. The number of carbonyl (C=O) groups excluding carboxylic acids is 1. The number of pyridine rings is 1. The molecule has 4 aromatic rings. The van der Waals surface area contributed by atoms with E-state index in [2.05, 4.69) is 15.2 Å². The number of esters is 1. The molecule has 0 aliphatic carbocycles. The highest BCUT2D eigenvalue weighted by atomic mass is 16.6. The third-order valence-corrected chi connectivity index (χ3v) is 4.95. The molecule has 152 valence electrons. The van der Waals surface area contributed by atoms with Gasteiger partial charge in [0.1, 0.15) is 5.75 Å². The van der Waals surface area contributed by atoms with Crippen LogP contribution >= 0.6 is 0 Å². The molecule has 0 unspecified atom stereocenters. The van der Waals surface area contributed by atoms with Crippen molar-refractivity contribution >= 4 is 16.9 Å². The number of rotatable bonds is 5. The molecule has 0 spiro atoms. The van der Waals surface area contributed by atoms with Gasteiger partial charge in [-0.2, -0.15) is 0 Å². The standard InChI is InChI=1S/C23H21N3O4/c1-13-18-7-5-6-8-19(18)24-14(2)20(13)23(27)29-15(3)21-25-26-22(30-21)16-9-11-17(28-4)12-10-16/h5-12,15H,1-4H3/t15-/m0/s1. The van der Waals surface area contributed by atoms with Crippen LogP contribution in [0.25, 0.3) is 22.4 Å². The molecule has 0 amide bonds. The Bertz CT molecular complexity index is 1220. The molecule has 2 aromatic heterocycles. The number of ether oxygens (including phenoxy) is 2. The zero-order chi connectivity index (χ0) is 21.3. The average molecular weight is 403 g/mol. The van der Waals surface area contributed by atoms with Crippen LogP contribution in [0, 0.1) is 13.8 Å². The molecular formula is C23H21N3O4. The zero-order valence-electron chi connectivity index (χ0n) is 17.2. The molecular weight excluding hydrogens is 382 g/mol. The first-order chi connectivity index (χ1) is 14.5. The van der Waals surface area contributed by atoms with E-state index in [-0.39, 0.29) is 5.89 Å². The van der Waals surface area contributed by atoms with Crippen molar-refractivity contribution in [3.05, 3.63) is 71.2 Å². The summed E-state index contributed by atoms with van der Waals surface area (Å²) in [6, 6.07) is 15.0. The van der Waals surface area contributed by atoms with Crippen LogP contribution in [-0.2, 0) is 4.74 Å². The van der Waals surface area contributed by atoms with Crippen molar-refractivity contribution in [2.45, 2.75) is 26.9 Å². The topological polar surface area (TPSA) is 87.3 Å². The third-order valence-electron chi connectivity index (χ3n) is 4.95. The molecule has 30 heavy (non-hydrogen) atoms. The second-order valence-electron chi connectivity index (χ2n) is 6.94. The Kier molecular flexibility index (Phi) is 5.18. The third kappa shape index (κ3) is 3.61. The number of nitrogens with zero attached hydrogens (tertiary/aromatic N) is 3. The van der Waals surface area contributed by atoms with Crippen LogP contribution in [0.4, 0.5) is 0 Å². The number of para-hydroxylation sites is 1. The van der Waals surface area contributed by atoms with E-state index >= 15 is 0 Å². The van der Waals surface area contributed by atoms with Crippen LogP contribution in [-0.4, -0.2) is 28.3 Å². The number of methoxy groups -OCH3 is 1. The van der Waals surface area contributed by atoms with Crippen LogP contribution in [0.5, 0.6) is 5.75 Å². The molecule has 1 atom stereocenters. The molecule has 0 aliphatic rings. The van der Waals surface area contributed by atoms with E-state index in [4.69, 9.17) is 13.9 Å². The van der Waals surface area contributed by atoms with Crippen molar-refractivity contribution in [3.63, 3.8) is 0 Å². The number of hydrogen-bond donors (Lipinski definition) is 0. The van der Waals surface area contributed by atoms with Crippen molar-refractivity contribution in [3.8, 4) is 17.2 Å². The lowest BCUT2D eigenvalue weighted by Gasteiger charge is -2.14. The lowest BCUT2D eigenvalue weighted by Crippen LogP contribution is -2.13. The van der Waals surface area contributed by atoms with Gasteiger partial charge in [-0.3, -0.25) is 4.98 Å². The molecule has 7 nitrogen and oxygen atoms in total. The summed E-state index contributed by atoms with van der Waals surface area (Å²) in [6.45, 7) is 5.39. The molecule has 2 aromatic carbocycles. The second kappa shape index (κ2) is 7.94. The fraction of sp³-hybridized carbons (Fsp3) is 0.217. The number of aryl methyl sites for hydroxylation is 2. The maximum absolute atomic E-state index is 12.9. The van der Waals surface area contributed by atoms with Gasteiger partial charge in [0.25, 0.3) is 5.89 Å². The minimum atomic E-state index is -0.706. The Morgan fingerprint density at radius 1 is 1.03 bits per heavy atom. The number of fused-ring (bicyclic) bond motifs is 1. The predicted molar refractivity (Wildman–Crippen MR) is 111 cm³/mol. The fourth-order valence-corrected chi connectivity index (χ4v) is 3.35. The Morgan fingerprint density at radius 2 is 1.77 bits per heavy atom. The van der Waals surface area contributed by atoms with Crippen LogP contribution in [0.2, 0.25) is 0 Å². The van der Waals surface area contributed by atoms with Gasteiger partial charge in [-0.25, -0.2) is 4.79 Å². The minimum absolute atomic E-state index is 0.221. The Hall–Kier alpha value is -3.74. The second-order valence-corrected chi connectivity index (χ2v) is 6.94. The normalized spacial score (nSPS) is 12.0. The van der Waals surface area contributed by atoms with Gasteiger partial charge in [0.15, 0.2) is 6.10 Å². The number of carbonyl (C=O) groups is 1. The van der Waals surface area contributed by atoms with E-state index in [1.807, 2.05) is 43.3 Å². The van der Waals surface area contributed by atoms with Crippen molar-refractivity contribution in [1.29, 1.82) is 0 Å². The maximum atomic E-state index is 12.9. The molecule has 0 aliphatic heterocycles. The summed E-state index contributed by atoms with van der Waals surface area (Å²) in [5.41, 5.74) is 3.50. The molecule has 0 fully saturated rings. The summed E-state index contributed by atoms with van der Waals surface area (Å²) in [7, 11) is 1.60. The summed E-state index contributed by atoms with van der Waals surface area (Å²) in [5, 5.41) is 9.01. The van der Waals surface area contributed by atoms with Crippen molar-refractivity contribution < 1.29 is 18.7 Å². The van der Waals surface area contributed by atoms with Gasteiger partial charge in [-0.05, 0) is 56.7 Å². The zero-order valence-corrected chi connectivity index (χ0v) is 17.2. The highest BCUT2D eigenvalue weighted by Crippen LogP contribution is 2.27. The summed E-state index contributed by atoms with van der Waals surface area (Å²) >= 11 is 0.